The van der Waals surface area contributed by atoms with E-state index in [4.69, 9.17) is 4.42 Å². The molecule has 0 unspecified atom stereocenters. The highest BCUT2D eigenvalue weighted by molar-refractivity contribution is 5.96. The summed E-state index contributed by atoms with van der Waals surface area (Å²) in [5.74, 6) is -1.36. The summed E-state index contributed by atoms with van der Waals surface area (Å²) >= 11 is 0. The molecule has 164 valence electrons. The van der Waals surface area contributed by atoms with Crippen molar-refractivity contribution in [2.45, 2.75) is 18.8 Å². The van der Waals surface area contributed by atoms with E-state index in [9.17, 15) is 18.4 Å². The van der Waals surface area contributed by atoms with Crippen molar-refractivity contribution in [3.8, 4) is 11.5 Å². The Labute approximate surface area is 183 Å². The van der Waals surface area contributed by atoms with Gasteiger partial charge in [0, 0.05) is 43.2 Å². The number of halogens is 2. The quantitative estimate of drug-likeness (QED) is 0.617. The summed E-state index contributed by atoms with van der Waals surface area (Å²) in [6.45, 7) is 1.25. The van der Waals surface area contributed by atoms with Crippen LogP contribution in [-0.2, 0) is 0 Å². The second kappa shape index (κ2) is 8.18. The average molecular weight is 437 g/mol. The van der Waals surface area contributed by atoms with Crippen molar-refractivity contribution in [3.05, 3.63) is 77.2 Å². The van der Waals surface area contributed by atoms with Gasteiger partial charge in [0.05, 0.1) is 0 Å². The number of carbonyl (C=O) groups is 2. The lowest BCUT2D eigenvalue weighted by atomic mass is 10.1. The number of hydrogen-bond acceptors (Lipinski definition) is 4. The van der Waals surface area contributed by atoms with Gasteiger partial charge in [0.2, 0.25) is 5.89 Å². The summed E-state index contributed by atoms with van der Waals surface area (Å²) in [4.78, 5) is 33.6. The van der Waals surface area contributed by atoms with Crippen LogP contribution >= 0.6 is 0 Å². The van der Waals surface area contributed by atoms with Crippen LogP contribution in [0.4, 0.5) is 8.78 Å². The summed E-state index contributed by atoms with van der Waals surface area (Å²) in [7, 11) is 0. The number of amides is 2. The topological polar surface area (TPSA) is 66.7 Å². The predicted molar refractivity (Wildman–Crippen MR) is 112 cm³/mol. The van der Waals surface area contributed by atoms with E-state index < -0.39 is 11.6 Å². The molecule has 0 N–H and O–H groups in total. The standard InChI is InChI=1S/C24H21F2N3O3/c25-18-9-8-17(14-19(18)26)23(30)28-10-12-29(13-11-28)24(31)20-21(15-6-7-15)32-22(27-20)16-4-2-1-3-5-16/h1-5,8-9,14-15H,6-7,10-13H2. The Morgan fingerprint density at radius 3 is 2.16 bits per heavy atom. The molecule has 1 aliphatic heterocycles. The Hall–Kier alpha value is -3.55. The number of aromatic nitrogens is 1. The second-order valence-corrected chi connectivity index (χ2v) is 8.09. The molecule has 2 fully saturated rings. The van der Waals surface area contributed by atoms with E-state index in [-0.39, 0.29) is 23.3 Å². The fourth-order valence-corrected chi connectivity index (χ4v) is 3.89. The molecule has 1 saturated heterocycles. The molecule has 0 atom stereocenters. The van der Waals surface area contributed by atoms with E-state index >= 15 is 0 Å². The molecule has 3 aromatic rings. The molecule has 2 aliphatic rings. The van der Waals surface area contributed by atoms with E-state index in [1.165, 1.54) is 11.0 Å². The van der Waals surface area contributed by atoms with Crippen LogP contribution in [0.15, 0.2) is 52.9 Å². The normalized spacial score (nSPS) is 16.3. The Kier molecular flexibility index (Phi) is 5.20. The minimum Gasteiger partial charge on any atom is -0.440 e. The second-order valence-electron chi connectivity index (χ2n) is 8.09. The number of nitrogens with zero attached hydrogens (tertiary/aromatic N) is 3. The van der Waals surface area contributed by atoms with E-state index in [2.05, 4.69) is 4.98 Å². The summed E-state index contributed by atoms with van der Waals surface area (Å²) in [6.07, 6.45) is 1.94. The van der Waals surface area contributed by atoms with Crippen molar-refractivity contribution in [1.29, 1.82) is 0 Å². The molecule has 0 radical (unpaired) electrons. The Balaban J connectivity index is 1.30. The minimum absolute atomic E-state index is 0.0868. The van der Waals surface area contributed by atoms with Gasteiger partial charge in [-0.1, -0.05) is 18.2 Å². The third-order valence-corrected chi connectivity index (χ3v) is 5.85. The van der Waals surface area contributed by atoms with Gasteiger partial charge in [0.15, 0.2) is 17.3 Å². The first-order chi connectivity index (χ1) is 15.5. The Morgan fingerprint density at radius 2 is 1.53 bits per heavy atom. The molecule has 8 heteroatoms. The number of rotatable bonds is 4. The molecule has 1 saturated carbocycles. The van der Waals surface area contributed by atoms with Crippen molar-refractivity contribution in [2.24, 2.45) is 0 Å². The van der Waals surface area contributed by atoms with Crippen molar-refractivity contribution >= 4 is 11.8 Å². The number of benzene rings is 2. The lowest BCUT2D eigenvalue weighted by Crippen LogP contribution is -2.50. The molecule has 0 bridgehead atoms. The zero-order valence-corrected chi connectivity index (χ0v) is 17.3. The van der Waals surface area contributed by atoms with E-state index in [1.807, 2.05) is 30.3 Å². The van der Waals surface area contributed by atoms with Gasteiger partial charge in [-0.05, 0) is 43.2 Å². The smallest absolute Gasteiger partial charge is 0.276 e. The van der Waals surface area contributed by atoms with Crippen LogP contribution < -0.4 is 0 Å². The van der Waals surface area contributed by atoms with Crippen molar-refractivity contribution in [1.82, 2.24) is 14.8 Å². The molecule has 32 heavy (non-hydrogen) atoms. The fraction of sp³-hybridized carbons (Fsp3) is 0.292. The Morgan fingerprint density at radius 1 is 0.875 bits per heavy atom. The first-order valence-electron chi connectivity index (χ1n) is 10.6. The van der Waals surface area contributed by atoms with Gasteiger partial charge in [-0.2, -0.15) is 0 Å². The maximum absolute atomic E-state index is 13.5. The zero-order valence-electron chi connectivity index (χ0n) is 17.3. The highest BCUT2D eigenvalue weighted by atomic mass is 19.2. The van der Waals surface area contributed by atoms with Crippen LogP contribution in [0.25, 0.3) is 11.5 Å². The zero-order chi connectivity index (χ0) is 22.2. The number of piperazine rings is 1. The number of hydrogen-bond donors (Lipinski definition) is 0. The molecule has 2 amide bonds. The van der Waals surface area contributed by atoms with Gasteiger partial charge in [-0.25, -0.2) is 13.8 Å². The monoisotopic (exact) mass is 437 g/mol. The van der Waals surface area contributed by atoms with Crippen LogP contribution in [0.2, 0.25) is 0 Å². The van der Waals surface area contributed by atoms with Gasteiger partial charge < -0.3 is 14.2 Å². The molecule has 1 aromatic heterocycles. The van der Waals surface area contributed by atoms with E-state index in [0.717, 1.165) is 30.5 Å². The Bertz CT molecular complexity index is 1170. The van der Waals surface area contributed by atoms with Gasteiger partial charge in [0.25, 0.3) is 11.8 Å². The summed E-state index contributed by atoms with van der Waals surface area (Å²) in [5, 5.41) is 0. The van der Waals surface area contributed by atoms with E-state index in [0.29, 0.717) is 43.5 Å². The summed E-state index contributed by atoms with van der Waals surface area (Å²) in [6, 6.07) is 12.6. The van der Waals surface area contributed by atoms with Crippen LogP contribution in [-0.4, -0.2) is 52.8 Å². The molecule has 6 nitrogen and oxygen atoms in total. The third kappa shape index (κ3) is 3.88. The van der Waals surface area contributed by atoms with Crippen LogP contribution in [0, 0.1) is 11.6 Å². The molecule has 2 heterocycles. The largest absolute Gasteiger partial charge is 0.440 e. The summed E-state index contributed by atoms with van der Waals surface area (Å²) in [5.41, 5.74) is 1.24. The minimum atomic E-state index is -1.06. The van der Waals surface area contributed by atoms with Crippen molar-refractivity contribution in [3.63, 3.8) is 0 Å². The highest BCUT2D eigenvalue weighted by Gasteiger charge is 2.36. The fourth-order valence-electron chi connectivity index (χ4n) is 3.89. The van der Waals surface area contributed by atoms with Gasteiger partial charge in [-0.3, -0.25) is 9.59 Å². The molecule has 1 aliphatic carbocycles. The third-order valence-electron chi connectivity index (χ3n) is 5.85. The molecule has 5 rings (SSSR count). The molecule has 0 spiro atoms. The predicted octanol–water partition coefficient (Wildman–Crippen LogP) is 4.10. The SMILES string of the molecule is O=C(c1ccc(F)c(F)c1)N1CCN(C(=O)c2nc(-c3ccccc3)oc2C2CC2)CC1. The summed E-state index contributed by atoms with van der Waals surface area (Å²) < 4.78 is 32.6. The number of carbonyl (C=O) groups excluding carboxylic acids is 2. The lowest BCUT2D eigenvalue weighted by molar-refractivity contribution is 0.0531. The van der Waals surface area contributed by atoms with Crippen LogP contribution in [0.3, 0.4) is 0 Å². The molecule has 2 aromatic carbocycles. The van der Waals surface area contributed by atoms with Crippen LogP contribution in [0.5, 0.6) is 0 Å². The molecular weight excluding hydrogens is 416 g/mol. The highest BCUT2D eigenvalue weighted by Crippen LogP contribution is 2.43. The van der Waals surface area contributed by atoms with Crippen LogP contribution in [0.1, 0.15) is 45.4 Å². The first kappa shape index (κ1) is 20.4. The average Bonchev–Trinajstić information content (AvgIpc) is 3.58. The van der Waals surface area contributed by atoms with Gasteiger partial charge in [0.1, 0.15) is 5.76 Å². The van der Waals surface area contributed by atoms with Crippen molar-refractivity contribution in [2.75, 3.05) is 26.2 Å². The van der Waals surface area contributed by atoms with Gasteiger partial charge >= 0.3 is 0 Å². The first-order valence-corrected chi connectivity index (χ1v) is 10.6. The number of oxazole rings is 1. The molecular formula is C24H21F2N3O3. The maximum Gasteiger partial charge on any atom is 0.276 e. The maximum atomic E-state index is 13.5. The van der Waals surface area contributed by atoms with E-state index in [1.54, 1.807) is 4.90 Å². The lowest BCUT2D eigenvalue weighted by Gasteiger charge is -2.34. The van der Waals surface area contributed by atoms with Crippen molar-refractivity contribution < 1.29 is 22.8 Å². The van der Waals surface area contributed by atoms with Gasteiger partial charge in [-0.15, -0.1) is 0 Å².